The first-order valence-electron chi connectivity index (χ1n) is 12.1. The number of fused-ring (bicyclic) bond motifs is 1. The van der Waals surface area contributed by atoms with E-state index in [1.54, 1.807) is 41.3 Å². The van der Waals surface area contributed by atoms with Crippen molar-refractivity contribution in [2.24, 2.45) is 0 Å². The summed E-state index contributed by atoms with van der Waals surface area (Å²) in [6.45, 7) is 2.74. The first-order valence-corrected chi connectivity index (χ1v) is 12.5. The predicted molar refractivity (Wildman–Crippen MR) is 140 cm³/mol. The molecule has 0 N–H and O–H groups in total. The molecule has 2 heterocycles. The summed E-state index contributed by atoms with van der Waals surface area (Å²) < 4.78 is 15.5. The molecule has 0 unspecified atom stereocenters. The molecule has 7 heteroatoms. The van der Waals surface area contributed by atoms with Gasteiger partial charge in [-0.1, -0.05) is 41.9 Å². The summed E-state index contributed by atoms with van der Waals surface area (Å²) in [6, 6.07) is 21.6. The molecular formula is C29H27ClFN3O2. The average Bonchev–Trinajstić information content (AvgIpc) is 3.26. The molecular weight excluding hydrogens is 477 g/mol. The molecule has 5 rings (SSSR count). The summed E-state index contributed by atoms with van der Waals surface area (Å²) >= 11 is 5.92. The summed E-state index contributed by atoms with van der Waals surface area (Å²) in [7, 11) is 0. The molecule has 0 atom stereocenters. The van der Waals surface area contributed by atoms with Crippen LogP contribution in [-0.4, -0.2) is 52.4 Å². The van der Waals surface area contributed by atoms with Gasteiger partial charge in [-0.25, -0.2) is 4.39 Å². The summed E-state index contributed by atoms with van der Waals surface area (Å²) in [6.07, 6.45) is 3.15. The van der Waals surface area contributed by atoms with Crippen LogP contribution in [0.25, 0.3) is 10.9 Å². The van der Waals surface area contributed by atoms with Crippen molar-refractivity contribution in [1.29, 1.82) is 0 Å². The zero-order chi connectivity index (χ0) is 25.1. The Kier molecular flexibility index (Phi) is 7.05. The quantitative estimate of drug-likeness (QED) is 0.354. The van der Waals surface area contributed by atoms with E-state index in [-0.39, 0.29) is 17.6 Å². The molecule has 1 saturated heterocycles. The minimum absolute atomic E-state index is 0.0345. The number of aryl methyl sites for hydroxylation is 1. The lowest BCUT2D eigenvalue weighted by Gasteiger charge is -2.35. The molecule has 0 spiro atoms. The van der Waals surface area contributed by atoms with Crippen molar-refractivity contribution >= 4 is 34.3 Å². The van der Waals surface area contributed by atoms with Crippen LogP contribution in [0.15, 0.2) is 79.0 Å². The molecule has 2 amide bonds. The topological polar surface area (TPSA) is 45.6 Å². The number of hydrogen-bond donors (Lipinski definition) is 0. The third kappa shape index (κ3) is 5.29. The van der Waals surface area contributed by atoms with E-state index in [0.717, 1.165) is 22.0 Å². The van der Waals surface area contributed by atoms with Crippen LogP contribution in [0.2, 0.25) is 5.02 Å². The van der Waals surface area contributed by atoms with E-state index in [2.05, 4.69) is 22.9 Å². The Hall–Kier alpha value is -3.64. The first kappa shape index (κ1) is 24.1. The summed E-state index contributed by atoms with van der Waals surface area (Å²) in [5.74, 6) is -0.179. The number of nitrogens with zero attached hydrogens (tertiary/aromatic N) is 3. The van der Waals surface area contributed by atoms with E-state index >= 15 is 0 Å². The molecule has 0 aliphatic carbocycles. The maximum absolute atomic E-state index is 13.3. The fraction of sp³-hybridized carbons (Fsp3) is 0.241. The molecule has 5 nitrogen and oxygen atoms in total. The van der Waals surface area contributed by atoms with Crippen LogP contribution in [0.1, 0.15) is 27.9 Å². The number of piperazine rings is 1. The Morgan fingerprint density at radius 1 is 0.833 bits per heavy atom. The largest absolute Gasteiger partial charge is 0.343 e. The molecule has 3 aromatic carbocycles. The number of benzene rings is 3. The summed E-state index contributed by atoms with van der Waals surface area (Å²) in [5, 5.41) is 1.73. The number of para-hydroxylation sites is 1. The summed E-state index contributed by atoms with van der Waals surface area (Å²) in [4.78, 5) is 29.4. The van der Waals surface area contributed by atoms with Crippen LogP contribution in [0.4, 0.5) is 4.39 Å². The number of hydrogen-bond acceptors (Lipinski definition) is 2. The third-order valence-corrected chi connectivity index (χ3v) is 7.01. The first-order chi connectivity index (χ1) is 17.5. The molecule has 0 radical (unpaired) electrons. The lowest BCUT2D eigenvalue weighted by Crippen LogP contribution is -2.50. The van der Waals surface area contributed by atoms with Crippen molar-refractivity contribution in [1.82, 2.24) is 14.4 Å². The van der Waals surface area contributed by atoms with Gasteiger partial charge >= 0.3 is 0 Å². The average molecular weight is 504 g/mol. The van der Waals surface area contributed by atoms with Crippen LogP contribution in [0.5, 0.6) is 0 Å². The SMILES string of the molecule is O=C(CCc1cn(Cc2ccc(F)cc2)c2ccccc12)N1CCN(C(=O)c2ccc(Cl)cc2)CC1. The molecule has 184 valence electrons. The number of carbonyl (C=O) groups excluding carboxylic acids is 2. The highest BCUT2D eigenvalue weighted by molar-refractivity contribution is 6.30. The monoisotopic (exact) mass is 503 g/mol. The van der Waals surface area contributed by atoms with Gasteiger partial charge in [0.25, 0.3) is 5.91 Å². The van der Waals surface area contributed by atoms with E-state index in [4.69, 9.17) is 11.6 Å². The molecule has 1 aliphatic rings. The van der Waals surface area contributed by atoms with E-state index in [9.17, 15) is 14.0 Å². The van der Waals surface area contributed by atoms with Crippen molar-refractivity contribution in [3.05, 3.63) is 107 Å². The highest BCUT2D eigenvalue weighted by Crippen LogP contribution is 2.24. The van der Waals surface area contributed by atoms with Gasteiger partial charge in [-0.05, 0) is 60.0 Å². The second kappa shape index (κ2) is 10.5. The number of rotatable bonds is 6. The van der Waals surface area contributed by atoms with Crippen molar-refractivity contribution in [2.75, 3.05) is 26.2 Å². The standard InChI is InChI=1S/C29H27ClFN3O2/c30-24-10-7-22(8-11-24)29(36)33-17-15-32(16-18-33)28(35)14-9-23-20-34(27-4-2-1-3-26(23)27)19-21-5-12-25(31)13-6-21/h1-8,10-13,20H,9,14-19H2. The van der Waals surface area contributed by atoms with Gasteiger partial charge in [-0.2, -0.15) is 0 Å². The zero-order valence-corrected chi connectivity index (χ0v) is 20.6. The zero-order valence-electron chi connectivity index (χ0n) is 19.9. The minimum atomic E-state index is -0.245. The van der Waals surface area contributed by atoms with Gasteiger partial charge in [0.1, 0.15) is 5.82 Å². The van der Waals surface area contributed by atoms with E-state index in [0.29, 0.717) is 56.2 Å². The highest BCUT2D eigenvalue weighted by Gasteiger charge is 2.25. The molecule has 4 aromatic rings. The van der Waals surface area contributed by atoms with E-state index in [1.807, 2.05) is 17.0 Å². The Morgan fingerprint density at radius 2 is 1.50 bits per heavy atom. The van der Waals surface area contributed by atoms with E-state index in [1.165, 1.54) is 12.1 Å². The highest BCUT2D eigenvalue weighted by atomic mass is 35.5. The van der Waals surface area contributed by atoms with Gasteiger partial charge in [0, 0.05) is 66.8 Å². The fourth-order valence-corrected chi connectivity index (χ4v) is 4.90. The van der Waals surface area contributed by atoms with Crippen molar-refractivity contribution in [3.63, 3.8) is 0 Å². The van der Waals surface area contributed by atoms with Crippen LogP contribution < -0.4 is 0 Å². The number of amides is 2. The van der Waals surface area contributed by atoms with Gasteiger partial charge in [0.2, 0.25) is 5.91 Å². The second-order valence-electron chi connectivity index (χ2n) is 9.11. The second-order valence-corrected chi connectivity index (χ2v) is 9.54. The molecule has 36 heavy (non-hydrogen) atoms. The lowest BCUT2D eigenvalue weighted by molar-refractivity contribution is -0.132. The molecule has 1 aromatic heterocycles. The van der Waals surface area contributed by atoms with Crippen LogP contribution in [0, 0.1) is 5.82 Å². The van der Waals surface area contributed by atoms with Crippen LogP contribution >= 0.6 is 11.6 Å². The lowest BCUT2D eigenvalue weighted by atomic mass is 10.1. The number of aromatic nitrogens is 1. The van der Waals surface area contributed by atoms with Crippen molar-refractivity contribution in [3.8, 4) is 0 Å². The maximum atomic E-state index is 13.3. The smallest absolute Gasteiger partial charge is 0.253 e. The fourth-order valence-electron chi connectivity index (χ4n) is 4.77. The molecule has 0 saturated carbocycles. The predicted octanol–water partition coefficient (Wildman–Crippen LogP) is 5.40. The Bertz CT molecular complexity index is 1370. The Balaban J connectivity index is 1.20. The van der Waals surface area contributed by atoms with Crippen molar-refractivity contribution < 1.29 is 14.0 Å². The number of halogens is 2. The van der Waals surface area contributed by atoms with Gasteiger partial charge in [0.15, 0.2) is 0 Å². The van der Waals surface area contributed by atoms with Crippen molar-refractivity contribution in [2.45, 2.75) is 19.4 Å². The number of carbonyl (C=O) groups is 2. The van der Waals surface area contributed by atoms with Gasteiger partial charge < -0.3 is 14.4 Å². The Morgan fingerprint density at radius 3 is 2.22 bits per heavy atom. The van der Waals surface area contributed by atoms with Gasteiger partial charge in [0.05, 0.1) is 0 Å². The van der Waals surface area contributed by atoms with Gasteiger partial charge in [-0.3, -0.25) is 9.59 Å². The molecule has 1 fully saturated rings. The van der Waals surface area contributed by atoms with Crippen LogP contribution in [0.3, 0.4) is 0 Å². The summed E-state index contributed by atoms with van der Waals surface area (Å²) in [5.41, 5.74) is 3.85. The molecule has 0 bridgehead atoms. The molecule has 1 aliphatic heterocycles. The van der Waals surface area contributed by atoms with Crippen LogP contribution in [-0.2, 0) is 17.8 Å². The van der Waals surface area contributed by atoms with Gasteiger partial charge in [-0.15, -0.1) is 0 Å². The Labute approximate surface area is 214 Å². The minimum Gasteiger partial charge on any atom is -0.343 e. The normalized spacial score (nSPS) is 13.8. The third-order valence-electron chi connectivity index (χ3n) is 6.76. The van der Waals surface area contributed by atoms with E-state index < -0.39 is 0 Å². The maximum Gasteiger partial charge on any atom is 0.253 e.